The van der Waals surface area contributed by atoms with Crippen molar-refractivity contribution in [2.45, 2.75) is 39.2 Å². The average molecular weight is 320 g/mol. The lowest BCUT2D eigenvalue weighted by Gasteiger charge is -2.19. The van der Waals surface area contributed by atoms with Crippen molar-refractivity contribution in [3.05, 3.63) is 29.8 Å². The van der Waals surface area contributed by atoms with Crippen molar-refractivity contribution in [2.75, 3.05) is 38.2 Å². The lowest BCUT2D eigenvalue weighted by atomic mass is 10.2. The molecule has 1 heterocycles. The molecule has 1 amide bonds. The van der Waals surface area contributed by atoms with E-state index in [-0.39, 0.29) is 0 Å². The van der Waals surface area contributed by atoms with Crippen molar-refractivity contribution in [1.29, 1.82) is 0 Å². The molecule has 0 unspecified atom stereocenters. The van der Waals surface area contributed by atoms with Gasteiger partial charge in [0, 0.05) is 18.8 Å². The first-order valence-electron chi connectivity index (χ1n) is 8.60. The number of carbonyl (C=O) groups excluding carboxylic acids is 1. The second-order valence-corrected chi connectivity index (χ2v) is 5.85. The van der Waals surface area contributed by atoms with Crippen LogP contribution in [0.15, 0.2) is 24.3 Å². The highest BCUT2D eigenvalue weighted by Crippen LogP contribution is 2.12. The molecule has 0 saturated carbocycles. The molecule has 128 valence electrons. The molecule has 0 aromatic heterocycles. The van der Waals surface area contributed by atoms with E-state index in [2.05, 4.69) is 10.2 Å². The van der Waals surface area contributed by atoms with Crippen LogP contribution in [-0.4, -0.2) is 43.8 Å². The van der Waals surface area contributed by atoms with Gasteiger partial charge in [0.25, 0.3) is 0 Å². The second-order valence-electron chi connectivity index (χ2n) is 5.85. The summed E-state index contributed by atoms with van der Waals surface area (Å²) < 4.78 is 10.7. The van der Waals surface area contributed by atoms with Crippen molar-refractivity contribution < 1.29 is 14.3 Å². The Kier molecular flexibility index (Phi) is 7.90. The minimum Gasteiger partial charge on any atom is -0.448 e. The summed E-state index contributed by atoms with van der Waals surface area (Å²) in [5, 5.41) is 2.77. The summed E-state index contributed by atoms with van der Waals surface area (Å²) in [4.78, 5) is 14.2. The maximum absolute atomic E-state index is 11.9. The van der Waals surface area contributed by atoms with E-state index in [1.54, 1.807) is 0 Å². The minimum atomic E-state index is -0.395. The van der Waals surface area contributed by atoms with E-state index >= 15 is 0 Å². The zero-order valence-electron chi connectivity index (χ0n) is 14.1. The summed E-state index contributed by atoms with van der Waals surface area (Å²) >= 11 is 0. The molecule has 0 radical (unpaired) electrons. The highest BCUT2D eigenvalue weighted by molar-refractivity contribution is 5.84. The molecule has 0 bridgehead atoms. The van der Waals surface area contributed by atoms with E-state index < -0.39 is 6.09 Å². The third kappa shape index (κ3) is 7.01. The van der Waals surface area contributed by atoms with E-state index in [9.17, 15) is 4.79 Å². The first kappa shape index (κ1) is 17.8. The summed E-state index contributed by atoms with van der Waals surface area (Å²) in [5.41, 5.74) is 1.77. The van der Waals surface area contributed by atoms with Crippen LogP contribution in [0.2, 0.25) is 0 Å². The van der Waals surface area contributed by atoms with Gasteiger partial charge in [-0.1, -0.05) is 25.0 Å². The fourth-order valence-corrected chi connectivity index (χ4v) is 2.74. The summed E-state index contributed by atoms with van der Waals surface area (Å²) in [6, 6.07) is 7.64. The average Bonchev–Trinajstić information content (AvgIpc) is 2.82. The molecule has 1 saturated heterocycles. The lowest BCUT2D eigenvalue weighted by Crippen LogP contribution is -2.30. The Hall–Kier alpha value is -1.59. The predicted octanol–water partition coefficient (Wildman–Crippen LogP) is 3.65. The Balaban J connectivity index is 1.69. The highest BCUT2D eigenvalue weighted by Gasteiger charge is 2.10. The fraction of sp³-hybridized carbons (Fsp3) is 0.611. The third-order valence-electron chi connectivity index (χ3n) is 3.99. The number of nitrogens with one attached hydrogen (secondary N) is 1. The van der Waals surface area contributed by atoms with Crippen molar-refractivity contribution >= 4 is 11.8 Å². The van der Waals surface area contributed by atoms with Gasteiger partial charge in [0.1, 0.15) is 6.61 Å². The van der Waals surface area contributed by atoms with Crippen molar-refractivity contribution in [3.8, 4) is 0 Å². The van der Waals surface area contributed by atoms with Crippen molar-refractivity contribution in [2.24, 2.45) is 0 Å². The number of rotatable bonds is 7. The minimum absolute atomic E-state index is 0.395. The van der Waals surface area contributed by atoms with Gasteiger partial charge in [-0.05, 0) is 50.6 Å². The molecule has 0 atom stereocenters. The molecular formula is C18H28N2O3. The summed E-state index contributed by atoms with van der Waals surface area (Å²) in [5.74, 6) is 0. The first-order chi connectivity index (χ1) is 11.3. The number of benzene rings is 1. The van der Waals surface area contributed by atoms with Crippen LogP contribution in [0.3, 0.4) is 0 Å². The molecule has 1 aromatic rings. The van der Waals surface area contributed by atoms with Gasteiger partial charge in [0.2, 0.25) is 0 Å². The smallest absolute Gasteiger partial charge is 0.411 e. The van der Waals surface area contributed by atoms with E-state index in [0.717, 1.165) is 30.9 Å². The molecule has 1 aromatic carbocycles. The number of carbonyl (C=O) groups is 1. The molecule has 0 aliphatic carbocycles. The number of likely N-dealkylation sites (tertiary alicyclic amines) is 1. The summed E-state index contributed by atoms with van der Waals surface area (Å²) in [6.07, 6.45) is 4.73. The number of hydrogen-bond acceptors (Lipinski definition) is 4. The lowest BCUT2D eigenvalue weighted by molar-refractivity contribution is 0.134. The summed E-state index contributed by atoms with van der Waals surface area (Å²) in [7, 11) is 0. The maximum atomic E-state index is 11.9. The van der Waals surface area contributed by atoms with Gasteiger partial charge in [0.15, 0.2) is 0 Å². The Bertz CT molecular complexity index is 471. The fourth-order valence-electron chi connectivity index (χ4n) is 2.74. The molecule has 1 aliphatic heterocycles. The normalized spacial score (nSPS) is 15.9. The molecule has 5 heteroatoms. The number of hydrogen-bond donors (Lipinski definition) is 1. The molecule has 1 aliphatic rings. The van der Waals surface area contributed by atoms with Crippen LogP contribution in [0.25, 0.3) is 0 Å². The standard InChI is InChI=1S/C18H28N2O3/c1-2-22-15-16-8-7-9-17(14-16)19-18(21)23-13-12-20-10-5-3-4-6-11-20/h7-9,14H,2-6,10-13,15H2,1H3,(H,19,21). The molecular weight excluding hydrogens is 292 g/mol. The first-order valence-corrected chi connectivity index (χ1v) is 8.60. The zero-order chi connectivity index (χ0) is 16.3. The van der Waals surface area contributed by atoms with Gasteiger partial charge in [0.05, 0.1) is 6.61 Å². The van der Waals surface area contributed by atoms with Gasteiger partial charge in [-0.25, -0.2) is 4.79 Å². The number of amides is 1. The van der Waals surface area contributed by atoms with Gasteiger partial charge < -0.3 is 9.47 Å². The number of nitrogens with zero attached hydrogens (tertiary/aromatic N) is 1. The third-order valence-corrected chi connectivity index (χ3v) is 3.99. The Morgan fingerprint density at radius 1 is 1.22 bits per heavy atom. The van der Waals surface area contributed by atoms with E-state index in [4.69, 9.17) is 9.47 Å². The van der Waals surface area contributed by atoms with Crippen LogP contribution >= 0.6 is 0 Å². The summed E-state index contributed by atoms with van der Waals surface area (Å²) in [6.45, 7) is 6.67. The van der Waals surface area contributed by atoms with Gasteiger partial charge in [-0.15, -0.1) is 0 Å². The monoisotopic (exact) mass is 320 g/mol. The molecule has 23 heavy (non-hydrogen) atoms. The Labute approximate surface area is 139 Å². The van der Waals surface area contributed by atoms with Crippen LogP contribution in [0, 0.1) is 0 Å². The number of ether oxygens (including phenoxy) is 2. The maximum Gasteiger partial charge on any atom is 0.411 e. The van der Waals surface area contributed by atoms with Crippen LogP contribution in [0.4, 0.5) is 10.5 Å². The largest absolute Gasteiger partial charge is 0.448 e. The van der Waals surface area contributed by atoms with Crippen LogP contribution in [-0.2, 0) is 16.1 Å². The zero-order valence-corrected chi connectivity index (χ0v) is 14.1. The quantitative estimate of drug-likeness (QED) is 0.833. The Morgan fingerprint density at radius 3 is 2.74 bits per heavy atom. The molecule has 5 nitrogen and oxygen atoms in total. The second kappa shape index (κ2) is 10.2. The molecule has 1 N–H and O–H groups in total. The SMILES string of the molecule is CCOCc1cccc(NC(=O)OCCN2CCCCCC2)c1. The Morgan fingerprint density at radius 2 is 2.00 bits per heavy atom. The van der Waals surface area contributed by atoms with Gasteiger partial charge in [-0.2, -0.15) is 0 Å². The van der Waals surface area contributed by atoms with Crippen LogP contribution < -0.4 is 5.32 Å². The van der Waals surface area contributed by atoms with Gasteiger partial charge >= 0.3 is 6.09 Å². The van der Waals surface area contributed by atoms with Crippen LogP contribution in [0.1, 0.15) is 38.2 Å². The van der Waals surface area contributed by atoms with Gasteiger partial charge in [-0.3, -0.25) is 10.2 Å². The van der Waals surface area contributed by atoms with Crippen molar-refractivity contribution in [1.82, 2.24) is 4.90 Å². The van der Waals surface area contributed by atoms with Crippen LogP contribution in [0.5, 0.6) is 0 Å². The van der Waals surface area contributed by atoms with E-state index in [1.807, 2.05) is 31.2 Å². The topological polar surface area (TPSA) is 50.8 Å². The molecule has 2 rings (SSSR count). The highest BCUT2D eigenvalue weighted by atomic mass is 16.5. The van der Waals surface area contributed by atoms with E-state index in [1.165, 1.54) is 25.7 Å². The predicted molar refractivity (Wildman–Crippen MR) is 91.7 cm³/mol. The molecule has 1 fully saturated rings. The van der Waals surface area contributed by atoms with E-state index in [0.29, 0.717) is 19.8 Å². The molecule has 0 spiro atoms. The van der Waals surface area contributed by atoms with Crippen molar-refractivity contribution in [3.63, 3.8) is 0 Å². The number of anilines is 1.